The van der Waals surface area contributed by atoms with Gasteiger partial charge in [-0.05, 0) is 36.6 Å². The molecule has 1 aromatic carbocycles. The summed E-state index contributed by atoms with van der Waals surface area (Å²) in [6.45, 7) is 1.84. The van der Waals surface area contributed by atoms with E-state index in [4.69, 9.17) is 4.42 Å². The van der Waals surface area contributed by atoms with Crippen LogP contribution in [0.5, 0.6) is 0 Å². The molecule has 2 nitrogen and oxygen atoms in total. The molecule has 3 rings (SSSR count). The van der Waals surface area contributed by atoms with E-state index < -0.39 is 0 Å². The highest BCUT2D eigenvalue weighted by atomic mass is 32.1. The van der Waals surface area contributed by atoms with Crippen LogP contribution in [0, 0.1) is 6.92 Å². The zero-order valence-electron chi connectivity index (χ0n) is 9.27. The summed E-state index contributed by atoms with van der Waals surface area (Å²) in [4.78, 5) is 12.9. The van der Waals surface area contributed by atoms with Crippen LogP contribution in [0.25, 0.3) is 10.1 Å². The Morgan fingerprint density at radius 3 is 2.71 bits per heavy atom. The van der Waals surface area contributed by atoms with Crippen LogP contribution in [0.1, 0.15) is 21.2 Å². The zero-order valence-corrected chi connectivity index (χ0v) is 10.1. The molecule has 0 radical (unpaired) electrons. The van der Waals surface area contributed by atoms with Crippen molar-refractivity contribution in [3.05, 3.63) is 58.9 Å². The van der Waals surface area contributed by atoms with Crippen molar-refractivity contribution in [1.29, 1.82) is 0 Å². The largest absolute Gasteiger partial charge is 0.458 e. The molecule has 2 heterocycles. The van der Waals surface area contributed by atoms with E-state index in [2.05, 4.69) is 0 Å². The molecule has 0 unspecified atom stereocenters. The lowest BCUT2D eigenvalue weighted by Crippen LogP contribution is -1.95. The van der Waals surface area contributed by atoms with Crippen molar-refractivity contribution < 1.29 is 9.21 Å². The Kier molecular flexibility index (Phi) is 2.34. The van der Waals surface area contributed by atoms with E-state index in [0.717, 1.165) is 20.7 Å². The van der Waals surface area contributed by atoms with Gasteiger partial charge in [-0.3, -0.25) is 4.79 Å². The predicted octanol–water partition coefficient (Wildman–Crippen LogP) is 4.03. The van der Waals surface area contributed by atoms with Crippen molar-refractivity contribution in [3.8, 4) is 0 Å². The van der Waals surface area contributed by atoms with Crippen LogP contribution >= 0.6 is 11.3 Å². The van der Waals surface area contributed by atoms with E-state index in [9.17, 15) is 4.79 Å². The molecule has 0 saturated carbocycles. The Labute approximate surface area is 102 Å². The second-order valence-electron chi connectivity index (χ2n) is 3.89. The minimum absolute atomic E-state index is 0.0423. The molecule has 0 saturated heterocycles. The van der Waals surface area contributed by atoms with Crippen molar-refractivity contribution in [1.82, 2.24) is 0 Å². The number of hydrogen-bond acceptors (Lipinski definition) is 3. The molecule has 0 fully saturated rings. The van der Waals surface area contributed by atoms with Crippen LogP contribution in [0.15, 0.2) is 46.9 Å². The summed E-state index contributed by atoms with van der Waals surface area (Å²) in [5.74, 6) is 1.13. The first kappa shape index (κ1) is 10.3. The quantitative estimate of drug-likeness (QED) is 0.635. The fourth-order valence-corrected chi connectivity index (χ4v) is 2.78. The molecule has 0 atom stereocenters. The number of benzene rings is 1. The molecule has 0 spiro atoms. The SMILES string of the molecule is Cc1ccc(C(=O)c2cc3ccccc3s2)o1. The van der Waals surface area contributed by atoms with Crippen molar-refractivity contribution in [3.63, 3.8) is 0 Å². The number of carbonyl (C=O) groups is 1. The molecule has 0 aliphatic carbocycles. The lowest BCUT2D eigenvalue weighted by Gasteiger charge is -1.91. The molecule has 0 amide bonds. The zero-order chi connectivity index (χ0) is 11.8. The third-order valence-corrected chi connectivity index (χ3v) is 3.73. The van der Waals surface area contributed by atoms with E-state index in [0.29, 0.717) is 5.76 Å². The number of rotatable bonds is 2. The molecule has 0 N–H and O–H groups in total. The van der Waals surface area contributed by atoms with E-state index in [1.165, 1.54) is 11.3 Å². The minimum Gasteiger partial charge on any atom is -0.458 e. The molecule has 3 aromatic rings. The lowest BCUT2D eigenvalue weighted by molar-refractivity contribution is 0.101. The third kappa shape index (κ3) is 1.78. The van der Waals surface area contributed by atoms with Gasteiger partial charge >= 0.3 is 0 Å². The van der Waals surface area contributed by atoms with Crippen molar-refractivity contribution in [2.75, 3.05) is 0 Å². The van der Waals surface area contributed by atoms with Crippen LogP contribution in [-0.4, -0.2) is 5.78 Å². The molecular weight excluding hydrogens is 232 g/mol. The van der Waals surface area contributed by atoms with Crippen molar-refractivity contribution >= 4 is 27.2 Å². The number of thiophene rings is 1. The number of aryl methyl sites for hydroxylation is 1. The van der Waals surface area contributed by atoms with E-state index in [1.54, 1.807) is 12.1 Å². The normalized spacial score (nSPS) is 10.9. The van der Waals surface area contributed by atoms with Gasteiger partial charge in [-0.15, -0.1) is 11.3 Å². The monoisotopic (exact) mass is 242 g/mol. The van der Waals surface area contributed by atoms with Gasteiger partial charge in [0.15, 0.2) is 5.76 Å². The van der Waals surface area contributed by atoms with Gasteiger partial charge < -0.3 is 4.42 Å². The Morgan fingerprint density at radius 1 is 1.18 bits per heavy atom. The Hall–Kier alpha value is -1.87. The van der Waals surface area contributed by atoms with E-state index in [-0.39, 0.29) is 5.78 Å². The summed E-state index contributed by atoms with van der Waals surface area (Å²) in [5.41, 5.74) is 0. The number of fused-ring (bicyclic) bond motifs is 1. The maximum absolute atomic E-state index is 12.1. The Morgan fingerprint density at radius 2 is 2.00 bits per heavy atom. The van der Waals surface area contributed by atoms with Gasteiger partial charge in [0.2, 0.25) is 5.78 Å². The molecule has 0 bridgehead atoms. The third-order valence-electron chi connectivity index (χ3n) is 2.61. The van der Waals surface area contributed by atoms with Gasteiger partial charge in [0, 0.05) is 4.70 Å². The molecule has 3 heteroatoms. The summed E-state index contributed by atoms with van der Waals surface area (Å²) in [6.07, 6.45) is 0. The fourth-order valence-electron chi connectivity index (χ4n) is 1.77. The minimum atomic E-state index is -0.0423. The molecule has 0 aliphatic rings. The summed E-state index contributed by atoms with van der Waals surface area (Å²) in [6, 6.07) is 13.4. The number of ketones is 1. The van der Waals surface area contributed by atoms with Gasteiger partial charge in [0.25, 0.3) is 0 Å². The maximum atomic E-state index is 12.1. The highest BCUT2D eigenvalue weighted by Gasteiger charge is 2.15. The standard InChI is InChI=1S/C14H10O2S/c1-9-6-7-11(16-9)14(15)13-8-10-4-2-3-5-12(10)17-13/h2-8H,1H3. The van der Waals surface area contributed by atoms with Crippen LogP contribution in [0.4, 0.5) is 0 Å². The summed E-state index contributed by atoms with van der Waals surface area (Å²) in [5, 5.41) is 1.10. The summed E-state index contributed by atoms with van der Waals surface area (Å²) in [7, 11) is 0. The van der Waals surface area contributed by atoms with Gasteiger partial charge in [0.1, 0.15) is 5.76 Å². The highest BCUT2D eigenvalue weighted by Crippen LogP contribution is 2.27. The van der Waals surface area contributed by atoms with Crippen molar-refractivity contribution in [2.45, 2.75) is 6.92 Å². The first-order chi connectivity index (χ1) is 8.24. The summed E-state index contributed by atoms with van der Waals surface area (Å²) < 4.78 is 6.48. The topological polar surface area (TPSA) is 30.2 Å². The number of hydrogen-bond donors (Lipinski definition) is 0. The fraction of sp³-hybridized carbons (Fsp3) is 0.0714. The first-order valence-corrected chi connectivity index (χ1v) is 6.15. The first-order valence-electron chi connectivity index (χ1n) is 5.34. The smallest absolute Gasteiger partial charge is 0.238 e. The molecular formula is C14H10O2S. The number of furan rings is 1. The Balaban J connectivity index is 2.06. The van der Waals surface area contributed by atoms with Crippen molar-refractivity contribution in [2.24, 2.45) is 0 Å². The maximum Gasteiger partial charge on any atom is 0.238 e. The van der Waals surface area contributed by atoms with Crippen LogP contribution in [-0.2, 0) is 0 Å². The average Bonchev–Trinajstić information content (AvgIpc) is 2.93. The predicted molar refractivity (Wildman–Crippen MR) is 68.7 cm³/mol. The van der Waals surface area contributed by atoms with Crippen LogP contribution in [0.2, 0.25) is 0 Å². The lowest BCUT2D eigenvalue weighted by atomic mass is 10.2. The second-order valence-corrected chi connectivity index (χ2v) is 4.97. The van der Waals surface area contributed by atoms with E-state index in [1.807, 2.05) is 37.3 Å². The number of carbonyl (C=O) groups excluding carboxylic acids is 1. The van der Waals surface area contributed by atoms with Gasteiger partial charge in [-0.25, -0.2) is 0 Å². The molecule has 17 heavy (non-hydrogen) atoms. The molecule has 84 valence electrons. The summed E-state index contributed by atoms with van der Waals surface area (Å²) >= 11 is 1.50. The van der Waals surface area contributed by atoms with Crippen LogP contribution < -0.4 is 0 Å². The van der Waals surface area contributed by atoms with Gasteiger partial charge in [-0.2, -0.15) is 0 Å². The highest BCUT2D eigenvalue weighted by molar-refractivity contribution is 7.21. The average molecular weight is 242 g/mol. The second kappa shape index (κ2) is 3.86. The molecule has 0 aliphatic heterocycles. The molecule has 2 aromatic heterocycles. The van der Waals surface area contributed by atoms with E-state index >= 15 is 0 Å². The van der Waals surface area contributed by atoms with Gasteiger partial charge in [0.05, 0.1) is 4.88 Å². The Bertz CT molecular complexity index is 658. The van der Waals surface area contributed by atoms with Gasteiger partial charge in [-0.1, -0.05) is 18.2 Å². The van der Waals surface area contributed by atoms with Crippen LogP contribution in [0.3, 0.4) is 0 Å².